The summed E-state index contributed by atoms with van der Waals surface area (Å²) in [6.45, 7) is 6.37. The Morgan fingerprint density at radius 2 is 2.00 bits per heavy atom. The minimum atomic E-state index is -0.782. The minimum absolute atomic E-state index is 0.330. The number of amides is 1. The van der Waals surface area contributed by atoms with Crippen LogP contribution < -0.4 is 0 Å². The van der Waals surface area contributed by atoms with Gasteiger partial charge in [-0.3, -0.25) is 0 Å². The van der Waals surface area contributed by atoms with Gasteiger partial charge in [-0.05, 0) is 32.9 Å². The molecule has 2 aliphatic rings. The van der Waals surface area contributed by atoms with Crippen molar-refractivity contribution in [2.45, 2.75) is 44.8 Å². The third kappa shape index (κ3) is 3.00. The number of esters is 1. The average Bonchev–Trinajstić information content (AvgIpc) is 2.70. The number of likely N-dealkylation sites (tertiary alicyclic amines) is 1. The molecule has 0 atom stereocenters. The van der Waals surface area contributed by atoms with Gasteiger partial charge in [-0.2, -0.15) is 0 Å². The van der Waals surface area contributed by atoms with E-state index < -0.39 is 11.2 Å². The minimum Gasteiger partial charge on any atom is -0.449 e. The summed E-state index contributed by atoms with van der Waals surface area (Å²) in [5, 5.41) is 0.330. The van der Waals surface area contributed by atoms with Gasteiger partial charge in [-0.15, -0.1) is 0 Å². The van der Waals surface area contributed by atoms with E-state index in [9.17, 15) is 9.59 Å². The van der Waals surface area contributed by atoms with E-state index in [0.717, 1.165) is 0 Å². The first-order chi connectivity index (χ1) is 10.7. The highest BCUT2D eigenvalue weighted by Gasteiger charge is 2.49. The number of nitrogens with zero attached hydrogens (tertiary/aromatic N) is 2. The van der Waals surface area contributed by atoms with Crippen LogP contribution in [-0.4, -0.2) is 40.6 Å². The van der Waals surface area contributed by atoms with Crippen LogP contribution in [0.4, 0.5) is 4.79 Å². The van der Waals surface area contributed by atoms with Gasteiger partial charge in [0.25, 0.3) is 0 Å². The summed E-state index contributed by atoms with van der Waals surface area (Å²) in [6.07, 6.45) is 0.618. The second kappa shape index (κ2) is 5.37. The van der Waals surface area contributed by atoms with Crippen LogP contribution in [0, 0.1) is 0 Å². The van der Waals surface area contributed by atoms with Crippen LogP contribution in [0.1, 0.15) is 49.7 Å². The molecule has 0 bridgehead atoms. The fourth-order valence-corrected chi connectivity index (χ4v) is 3.09. The number of ether oxygens (including phenoxy) is 2. The number of pyridine rings is 1. The number of hydrogen-bond donors (Lipinski definition) is 0. The van der Waals surface area contributed by atoms with Crippen LogP contribution >= 0.6 is 11.6 Å². The van der Waals surface area contributed by atoms with Crippen molar-refractivity contribution in [1.29, 1.82) is 0 Å². The van der Waals surface area contributed by atoms with Gasteiger partial charge in [0, 0.05) is 25.9 Å². The number of rotatable bonds is 0. The van der Waals surface area contributed by atoms with Crippen LogP contribution in [0.5, 0.6) is 0 Å². The highest BCUT2D eigenvalue weighted by atomic mass is 35.5. The number of halogens is 1. The second-order valence-corrected chi connectivity index (χ2v) is 7.27. The zero-order valence-electron chi connectivity index (χ0n) is 13.4. The number of aromatic nitrogens is 1. The summed E-state index contributed by atoms with van der Waals surface area (Å²) in [4.78, 5) is 30.1. The maximum absolute atomic E-state index is 12.1. The lowest BCUT2D eigenvalue weighted by Crippen LogP contribution is -2.47. The van der Waals surface area contributed by atoms with E-state index >= 15 is 0 Å². The third-order valence-corrected chi connectivity index (χ3v) is 4.23. The Morgan fingerprint density at radius 3 is 2.61 bits per heavy atom. The fraction of sp³-hybridized carbons (Fsp3) is 0.562. The van der Waals surface area contributed by atoms with E-state index in [1.165, 1.54) is 0 Å². The quantitative estimate of drug-likeness (QED) is 0.537. The molecule has 124 valence electrons. The van der Waals surface area contributed by atoms with Crippen molar-refractivity contribution in [3.8, 4) is 0 Å². The molecule has 7 heteroatoms. The topological polar surface area (TPSA) is 68.7 Å². The van der Waals surface area contributed by atoms with Crippen molar-refractivity contribution >= 4 is 23.7 Å². The zero-order chi connectivity index (χ0) is 16.8. The molecule has 3 rings (SSSR count). The molecule has 6 nitrogen and oxygen atoms in total. The van der Waals surface area contributed by atoms with E-state index in [1.54, 1.807) is 17.0 Å². The van der Waals surface area contributed by atoms with Crippen molar-refractivity contribution in [2.75, 3.05) is 13.1 Å². The predicted molar refractivity (Wildman–Crippen MR) is 83.4 cm³/mol. The zero-order valence-corrected chi connectivity index (χ0v) is 14.1. The first-order valence-corrected chi connectivity index (χ1v) is 7.96. The molecule has 0 aromatic carbocycles. The molecule has 1 spiro atoms. The van der Waals surface area contributed by atoms with Gasteiger partial charge in [0.1, 0.15) is 16.4 Å². The lowest BCUT2D eigenvalue weighted by Gasteiger charge is -2.38. The Balaban J connectivity index is 1.76. The summed E-state index contributed by atoms with van der Waals surface area (Å²) in [6, 6.07) is 3.22. The van der Waals surface area contributed by atoms with Crippen LogP contribution in [0.25, 0.3) is 0 Å². The molecule has 1 aromatic heterocycles. The number of fused-ring (bicyclic) bond motifs is 2. The van der Waals surface area contributed by atoms with E-state index in [2.05, 4.69) is 4.98 Å². The number of hydrogen-bond acceptors (Lipinski definition) is 5. The molecule has 0 unspecified atom stereocenters. The molecule has 1 fully saturated rings. The Morgan fingerprint density at radius 1 is 1.35 bits per heavy atom. The molecule has 1 amide bonds. The summed E-state index contributed by atoms with van der Waals surface area (Å²) < 4.78 is 11.0. The normalized spacial score (nSPS) is 19.5. The molecule has 1 saturated heterocycles. The summed E-state index contributed by atoms with van der Waals surface area (Å²) in [7, 11) is 0. The average molecular weight is 339 g/mol. The maximum Gasteiger partial charge on any atom is 0.410 e. The van der Waals surface area contributed by atoms with Gasteiger partial charge in [0.05, 0.1) is 5.56 Å². The lowest BCUT2D eigenvalue weighted by molar-refractivity contribution is -0.0487. The number of carbonyl (C=O) groups excluding carboxylic acids is 2. The molecule has 0 aliphatic carbocycles. The van der Waals surface area contributed by atoms with E-state index in [1.807, 2.05) is 20.8 Å². The molecular weight excluding hydrogens is 320 g/mol. The molecule has 0 radical (unpaired) electrons. The smallest absolute Gasteiger partial charge is 0.410 e. The van der Waals surface area contributed by atoms with Gasteiger partial charge in [-0.25, -0.2) is 14.6 Å². The van der Waals surface area contributed by atoms with Crippen molar-refractivity contribution in [2.24, 2.45) is 0 Å². The summed E-state index contributed by atoms with van der Waals surface area (Å²) in [5.41, 5.74) is -0.275. The van der Waals surface area contributed by atoms with Gasteiger partial charge in [0.2, 0.25) is 0 Å². The van der Waals surface area contributed by atoms with E-state index in [-0.39, 0.29) is 12.1 Å². The van der Waals surface area contributed by atoms with Gasteiger partial charge >= 0.3 is 12.1 Å². The SMILES string of the molecule is CC(C)(C)OC(=O)N1CCC2(CC1)OC(=O)c1ccc(Cl)nc12. The van der Waals surface area contributed by atoms with Crippen LogP contribution in [-0.2, 0) is 15.1 Å². The molecule has 2 aliphatic heterocycles. The van der Waals surface area contributed by atoms with Gasteiger partial charge < -0.3 is 14.4 Å². The summed E-state index contributed by atoms with van der Waals surface area (Å²) >= 11 is 5.96. The molecule has 1 aromatic rings. The lowest BCUT2D eigenvalue weighted by atomic mass is 9.87. The Kier molecular flexibility index (Phi) is 3.75. The maximum atomic E-state index is 12.1. The van der Waals surface area contributed by atoms with Crippen molar-refractivity contribution in [3.63, 3.8) is 0 Å². The predicted octanol–water partition coefficient (Wildman–Crippen LogP) is 3.13. The Hall–Kier alpha value is -1.82. The first kappa shape index (κ1) is 16.1. The Labute approximate surface area is 139 Å². The van der Waals surface area contributed by atoms with Crippen LogP contribution in [0.2, 0.25) is 5.15 Å². The van der Waals surface area contributed by atoms with Crippen LogP contribution in [0.15, 0.2) is 12.1 Å². The molecule has 0 saturated carbocycles. The molecule has 23 heavy (non-hydrogen) atoms. The van der Waals surface area contributed by atoms with Crippen molar-refractivity contribution < 1.29 is 19.1 Å². The van der Waals surface area contributed by atoms with Gasteiger partial charge in [-0.1, -0.05) is 11.6 Å². The highest BCUT2D eigenvalue weighted by Crippen LogP contribution is 2.43. The second-order valence-electron chi connectivity index (χ2n) is 6.88. The first-order valence-electron chi connectivity index (χ1n) is 7.58. The monoisotopic (exact) mass is 338 g/mol. The largest absolute Gasteiger partial charge is 0.449 e. The Bertz CT molecular complexity index is 661. The van der Waals surface area contributed by atoms with Crippen molar-refractivity contribution in [3.05, 3.63) is 28.5 Å². The fourth-order valence-electron chi connectivity index (χ4n) is 2.94. The van der Waals surface area contributed by atoms with E-state index in [4.69, 9.17) is 21.1 Å². The number of piperidine rings is 1. The van der Waals surface area contributed by atoms with Crippen LogP contribution in [0.3, 0.4) is 0 Å². The molecular formula is C16H19ClN2O4. The molecule has 0 N–H and O–H groups in total. The third-order valence-electron chi connectivity index (χ3n) is 4.02. The number of carbonyl (C=O) groups is 2. The van der Waals surface area contributed by atoms with Gasteiger partial charge in [0.15, 0.2) is 5.60 Å². The molecule has 3 heterocycles. The van der Waals surface area contributed by atoms with Crippen molar-refractivity contribution in [1.82, 2.24) is 9.88 Å². The highest BCUT2D eigenvalue weighted by molar-refractivity contribution is 6.29. The standard InChI is InChI=1S/C16H19ClN2O4/c1-15(2,3)23-14(21)19-8-6-16(7-9-19)12-10(13(20)22-16)4-5-11(17)18-12/h4-5H,6-9H2,1-3H3. The van der Waals surface area contributed by atoms with E-state index in [0.29, 0.717) is 42.3 Å². The summed E-state index contributed by atoms with van der Waals surface area (Å²) in [5.74, 6) is -0.380.